The van der Waals surface area contributed by atoms with Crippen LogP contribution in [0, 0.1) is 0 Å². The Bertz CT molecular complexity index is 108. The highest BCUT2D eigenvalue weighted by Crippen LogP contribution is 1.95. The zero-order valence-corrected chi connectivity index (χ0v) is 4.57. The average Bonchev–Trinajstić information content (AvgIpc) is 1.90. The van der Waals surface area contributed by atoms with Gasteiger partial charge in [-0.25, -0.2) is 0 Å². The minimum atomic E-state index is -0.0104. The van der Waals surface area contributed by atoms with Crippen molar-refractivity contribution in [1.82, 2.24) is 0 Å². The van der Waals surface area contributed by atoms with Crippen LogP contribution in [0.2, 0.25) is 0 Å². The Morgan fingerprint density at radius 2 is 2.62 bits per heavy atom. The molecule has 0 aliphatic carbocycles. The molecule has 0 N–H and O–H groups in total. The van der Waals surface area contributed by atoms with E-state index >= 15 is 0 Å². The molecule has 8 heavy (non-hydrogen) atoms. The molecule has 1 unspecified atom stereocenters. The predicted molar refractivity (Wildman–Crippen MR) is 29.5 cm³/mol. The summed E-state index contributed by atoms with van der Waals surface area (Å²) in [5.74, 6) is 0. The number of hydrogen-bond acceptors (Lipinski definition) is 3. The average molecular weight is 113 g/mol. The highest BCUT2D eigenvalue weighted by atomic mass is 16.6. The smallest absolute Gasteiger partial charge is 0.121 e. The topological polar surface area (TPSA) is 30.8 Å². The Kier molecular flexibility index (Phi) is 1.64. The Morgan fingerprint density at radius 1 is 1.75 bits per heavy atom. The zero-order valence-electron chi connectivity index (χ0n) is 4.57. The standard InChI is InChI=1S/C5H7NO2/c1-7-5-2-3-8-6-4-5/h2-5H,1H3. The molecular weight excluding hydrogens is 106 g/mol. The van der Waals surface area contributed by atoms with Crippen molar-refractivity contribution in [3.63, 3.8) is 0 Å². The van der Waals surface area contributed by atoms with Crippen LogP contribution in [-0.4, -0.2) is 19.4 Å². The van der Waals surface area contributed by atoms with E-state index < -0.39 is 0 Å². The van der Waals surface area contributed by atoms with Crippen LogP contribution in [0.1, 0.15) is 0 Å². The molecular formula is C5H7NO2. The summed E-state index contributed by atoms with van der Waals surface area (Å²) < 4.78 is 4.88. The second kappa shape index (κ2) is 2.47. The molecule has 0 bridgehead atoms. The highest BCUT2D eigenvalue weighted by molar-refractivity contribution is 5.65. The van der Waals surface area contributed by atoms with E-state index in [4.69, 9.17) is 4.74 Å². The molecule has 0 radical (unpaired) electrons. The first-order chi connectivity index (χ1) is 3.93. The molecule has 1 aliphatic rings. The van der Waals surface area contributed by atoms with E-state index in [1.807, 2.05) is 0 Å². The lowest BCUT2D eigenvalue weighted by molar-refractivity contribution is 0.172. The van der Waals surface area contributed by atoms with Crippen LogP contribution in [0.25, 0.3) is 0 Å². The van der Waals surface area contributed by atoms with Crippen molar-refractivity contribution in [3.05, 3.63) is 12.3 Å². The van der Waals surface area contributed by atoms with Gasteiger partial charge in [-0.1, -0.05) is 5.16 Å². The SMILES string of the molecule is COC1C=CON=C1. The summed E-state index contributed by atoms with van der Waals surface area (Å²) in [6, 6.07) is 0. The maximum absolute atomic E-state index is 4.88. The van der Waals surface area contributed by atoms with Crippen molar-refractivity contribution in [2.75, 3.05) is 7.11 Å². The van der Waals surface area contributed by atoms with Crippen molar-refractivity contribution in [2.24, 2.45) is 5.16 Å². The molecule has 0 spiro atoms. The fourth-order valence-corrected chi connectivity index (χ4v) is 0.432. The zero-order chi connectivity index (χ0) is 5.82. The molecule has 1 atom stereocenters. The Balaban J connectivity index is 2.42. The molecule has 3 heteroatoms. The van der Waals surface area contributed by atoms with Crippen LogP contribution >= 0.6 is 0 Å². The largest absolute Gasteiger partial charge is 0.371 e. The second-order valence-electron chi connectivity index (χ2n) is 1.39. The van der Waals surface area contributed by atoms with Crippen LogP contribution in [0.5, 0.6) is 0 Å². The highest BCUT2D eigenvalue weighted by Gasteiger charge is 1.99. The van der Waals surface area contributed by atoms with Crippen molar-refractivity contribution in [3.8, 4) is 0 Å². The first-order valence-electron chi connectivity index (χ1n) is 2.32. The van der Waals surface area contributed by atoms with Gasteiger partial charge in [-0.15, -0.1) is 0 Å². The van der Waals surface area contributed by atoms with Gasteiger partial charge in [-0.05, 0) is 6.08 Å². The van der Waals surface area contributed by atoms with E-state index in [9.17, 15) is 0 Å². The number of ether oxygens (including phenoxy) is 1. The number of rotatable bonds is 1. The predicted octanol–water partition coefficient (Wildman–Crippen LogP) is 0.531. The maximum atomic E-state index is 4.88. The van der Waals surface area contributed by atoms with Crippen LogP contribution in [0.3, 0.4) is 0 Å². The molecule has 1 rings (SSSR count). The first kappa shape index (κ1) is 5.31. The molecule has 0 saturated carbocycles. The van der Waals surface area contributed by atoms with Gasteiger partial charge in [-0.2, -0.15) is 0 Å². The fourth-order valence-electron chi connectivity index (χ4n) is 0.432. The number of methoxy groups -OCH3 is 1. The molecule has 44 valence electrons. The first-order valence-corrected chi connectivity index (χ1v) is 2.32. The normalized spacial score (nSPS) is 25.4. The van der Waals surface area contributed by atoms with E-state index in [-0.39, 0.29) is 6.10 Å². The molecule has 0 aromatic heterocycles. The molecule has 1 aliphatic heterocycles. The van der Waals surface area contributed by atoms with Gasteiger partial charge in [0.25, 0.3) is 0 Å². The lowest BCUT2D eigenvalue weighted by Crippen LogP contribution is -2.10. The van der Waals surface area contributed by atoms with Gasteiger partial charge in [0.1, 0.15) is 12.4 Å². The molecule has 0 aromatic carbocycles. The minimum absolute atomic E-state index is 0.0104. The van der Waals surface area contributed by atoms with Crippen LogP contribution in [0.15, 0.2) is 17.5 Å². The lowest BCUT2D eigenvalue weighted by atomic mass is 10.4. The van der Waals surface area contributed by atoms with Gasteiger partial charge in [0.2, 0.25) is 0 Å². The van der Waals surface area contributed by atoms with E-state index in [0.29, 0.717) is 0 Å². The van der Waals surface area contributed by atoms with Gasteiger partial charge in [0.15, 0.2) is 0 Å². The van der Waals surface area contributed by atoms with Crippen molar-refractivity contribution in [1.29, 1.82) is 0 Å². The van der Waals surface area contributed by atoms with Gasteiger partial charge in [0.05, 0.1) is 6.21 Å². The number of nitrogens with zero attached hydrogens (tertiary/aromatic N) is 1. The van der Waals surface area contributed by atoms with E-state index in [1.165, 1.54) is 6.26 Å². The molecule has 0 fully saturated rings. The molecule has 0 amide bonds. The summed E-state index contributed by atoms with van der Waals surface area (Å²) in [5.41, 5.74) is 0. The van der Waals surface area contributed by atoms with Crippen molar-refractivity contribution in [2.45, 2.75) is 6.10 Å². The van der Waals surface area contributed by atoms with E-state index in [0.717, 1.165) is 0 Å². The van der Waals surface area contributed by atoms with E-state index in [2.05, 4.69) is 9.99 Å². The summed E-state index contributed by atoms with van der Waals surface area (Å²) in [4.78, 5) is 4.51. The van der Waals surface area contributed by atoms with Crippen LogP contribution in [-0.2, 0) is 9.57 Å². The summed E-state index contributed by atoms with van der Waals surface area (Å²) in [5, 5.41) is 3.49. The Hall–Kier alpha value is -0.830. The Labute approximate surface area is 47.6 Å². The molecule has 0 aromatic rings. The lowest BCUT2D eigenvalue weighted by Gasteiger charge is -2.05. The summed E-state index contributed by atoms with van der Waals surface area (Å²) in [6.07, 6.45) is 4.84. The number of hydrogen-bond donors (Lipinski definition) is 0. The third kappa shape index (κ3) is 1.07. The molecule has 1 heterocycles. The van der Waals surface area contributed by atoms with Crippen LogP contribution in [0.4, 0.5) is 0 Å². The third-order valence-corrected chi connectivity index (χ3v) is 0.870. The van der Waals surface area contributed by atoms with Crippen molar-refractivity contribution >= 4 is 6.21 Å². The number of oxime groups is 1. The van der Waals surface area contributed by atoms with Crippen LogP contribution < -0.4 is 0 Å². The second-order valence-corrected chi connectivity index (χ2v) is 1.39. The molecule has 0 saturated heterocycles. The third-order valence-electron chi connectivity index (χ3n) is 0.870. The summed E-state index contributed by atoms with van der Waals surface area (Å²) >= 11 is 0. The van der Waals surface area contributed by atoms with Gasteiger partial charge >= 0.3 is 0 Å². The van der Waals surface area contributed by atoms with Gasteiger partial charge in [-0.3, -0.25) is 0 Å². The van der Waals surface area contributed by atoms with Gasteiger partial charge < -0.3 is 9.57 Å². The minimum Gasteiger partial charge on any atom is -0.371 e. The van der Waals surface area contributed by atoms with Crippen molar-refractivity contribution < 1.29 is 9.57 Å². The fraction of sp³-hybridized carbons (Fsp3) is 0.400. The Morgan fingerprint density at radius 3 is 3.00 bits per heavy atom. The van der Waals surface area contributed by atoms with Gasteiger partial charge in [0, 0.05) is 7.11 Å². The maximum Gasteiger partial charge on any atom is 0.121 e. The quantitative estimate of drug-likeness (QED) is 0.496. The molecule has 3 nitrogen and oxygen atoms in total. The summed E-state index contributed by atoms with van der Waals surface area (Å²) in [6.45, 7) is 0. The monoisotopic (exact) mass is 113 g/mol. The summed E-state index contributed by atoms with van der Waals surface area (Å²) in [7, 11) is 1.62. The van der Waals surface area contributed by atoms with E-state index in [1.54, 1.807) is 19.4 Å².